The number of urea groups is 1. The van der Waals surface area contributed by atoms with Gasteiger partial charge >= 0.3 is 12.0 Å². The monoisotopic (exact) mass is 647 g/mol. The van der Waals surface area contributed by atoms with E-state index in [9.17, 15) is 14.7 Å². The van der Waals surface area contributed by atoms with Crippen molar-refractivity contribution in [2.45, 2.75) is 58.5 Å². The van der Waals surface area contributed by atoms with Crippen molar-refractivity contribution in [1.82, 2.24) is 15.5 Å². The maximum absolute atomic E-state index is 12.1. The molecular formula is C36H45N3O8. The van der Waals surface area contributed by atoms with Gasteiger partial charge in [-0.25, -0.2) is 4.79 Å². The number of amides is 2. The molecule has 47 heavy (non-hydrogen) atoms. The normalized spacial score (nSPS) is 21.0. The summed E-state index contributed by atoms with van der Waals surface area (Å²) < 4.78 is 29.2. The average Bonchev–Trinajstić information content (AvgIpc) is 3.10. The summed E-state index contributed by atoms with van der Waals surface area (Å²) >= 11 is 0. The molecule has 0 aliphatic carbocycles. The summed E-state index contributed by atoms with van der Waals surface area (Å²) in [7, 11) is 3.32. The van der Waals surface area contributed by atoms with Crippen LogP contribution in [-0.2, 0) is 45.1 Å². The third-order valence-electron chi connectivity index (χ3n) is 8.76. The van der Waals surface area contributed by atoms with Gasteiger partial charge in [-0.3, -0.25) is 9.69 Å². The van der Waals surface area contributed by atoms with E-state index in [1.807, 2.05) is 48.5 Å². The highest BCUT2D eigenvalue weighted by molar-refractivity contribution is 5.80. The number of methoxy groups -OCH3 is 2. The van der Waals surface area contributed by atoms with Crippen molar-refractivity contribution < 1.29 is 38.4 Å². The lowest BCUT2D eigenvalue weighted by molar-refractivity contribution is -0.276. The lowest BCUT2D eigenvalue weighted by Crippen LogP contribution is -2.45. The lowest BCUT2D eigenvalue weighted by atomic mass is 9.89. The first-order chi connectivity index (χ1) is 22.8. The molecule has 4 atom stereocenters. The number of fused-ring (bicyclic) bond motifs is 1. The second-order valence-corrected chi connectivity index (χ2v) is 11.9. The number of aliphatic hydroxyl groups is 1. The minimum absolute atomic E-state index is 0.0168. The van der Waals surface area contributed by atoms with Gasteiger partial charge in [-0.15, -0.1) is 0 Å². The number of nitrogens with one attached hydrogen (secondary N) is 2. The van der Waals surface area contributed by atoms with E-state index in [1.165, 1.54) is 11.1 Å². The Morgan fingerprint density at radius 2 is 1.57 bits per heavy atom. The highest BCUT2D eigenvalue weighted by Crippen LogP contribution is 2.42. The van der Waals surface area contributed by atoms with Gasteiger partial charge in [0.15, 0.2) is 17.8 Å². The zero-order valence-corrected chi connectivity index (χ0v) is 27.5. The molecule has 3 aromatic rings. The van der Waals surface area contributed by atoms with Gasteiger partial charge in [0.1, 0.15) is 6.54 Å². The standard InChI is InChI=1S/C36H45N3O8/c1-5-45-33(41)19-38-36(42)37-18-24-6-12-27(13-7-24)35-46-32(23(2)34(47-35)26-10-8-25(22-40)9-11-26)21-39-15-14-28-16-30(43-3)31(44-4)17-29(28)20-39/h6-13,16-17,23,32,34-35,40H,5,14-15,18-22H2,1-4H3,(H2,37,38,42)/t23-,32+,34+,35+/m1/s1. The second-order valence-electron chi connectivity index (χ2n) is 11.9. The van der Waals surface area contributed by atoms with Crippen LogP contribution in [0.2, 0.25) is 0 Å². The largest absolute Gasteiger partial charge is 0.493 e. The van der Waals surface area contributed by atoms with Crippen LogP contribution < -0.4 is 20.1 Å². The van der Waals surface area contributed by atoms with Crippen molar-refractivity contribution in [3.05, 3.63) is 94.0 Å². The van der Waals surface area contributed by atoms with Crippen molar-refractivity contribution in [2.24, 2.45) is 5.92 Å². The average molecular weight is 648 g/mol. The number of benzene rings is 3. The molecule has 3 aromatic carbocycles. The van der Waals surface area contributed by atoms with Crippen LogP contribution in [-0.4, -0.2) is 68.6 Å². The van der Waals surface area contributed by atoms with Crippen molar-refractivity contribution in [3.63, 3.8) is 0 Å². The summed E-state index contributed by atoms with van der Waals surface area (Å²) in [4.78, 5) is 26.0. The fourth-order valence-corrected chi connectivity index (χ4v) is 6.08. The highest BCUT2D eigenvalue weighted by Gasteiger charge is 2.39. The van der Waals surface area contributed by atoms with E-state index in [0.717, 1.165) is 59.8 Å². The molecule has 0 saturated carbocycles. The van der Waals surface area contributed by atoms with Gasteiger partial charge in [-0.05, 0) is 53.3 Å². The third kappa shape index (κ3) is 8.61. The molecule has 2 amide bonds. The molecule has 0 spiro atoms. The molecule has 2 aliphatic rings. The minimum atomic E-state index is -0.602. The Kier molecular flexibility index (Phi) is 11.7. The Balaban J connectivity index is 1.29. The van der Waals surface area contributed by atoms with E-state index in [1.54, 1.807) is 21.1 Å². The molecule has 5 rings (SSSR count). The molecule has 11 heteroatoms. The van der Waals surface area contributed by atoms with Crippen LogP contribution in [0.25, 0.3) is 0 Å². The molecular weight excluding hydrogens is 602 g/mol. The maximum atomic E-state index is 12.1. The molecule has 0 aromatic heterocycles. The summed E-state index contributed by atoms with van der Waals surface area (Å²) in [6.45, 7) is 6.62. The fourth-order valence-electron chi connectivity index (χ4n) is 6.08. The molecule has 1 saturated heterocycles. The van der Waals surface area contributed by atoms with E-state index in [4.69, 9.17) is 23.7 Å². The molecule has 0 radical (unpaired) electrons. The minimum Gasteiger partial charge on any atom is -0.493 e. The van der Waals surface area contributed by atoms with E-state index < -0.39 is 18.3 Å². The number of carbonyl (C=O) groups excluding carboxylic acids is 2. The molecule has 252 valence electrons. The van der Waals surface area contributed by atoms with Crippen molar-refractivity contribution in [1.29, 1.82) is 0 Å². The number of ether oxygens (including phenoxy) is 5. The number of aliphatic hydroxyl groups excluding tert-OH is 1. The molecule has 11 nitrogen and oxygen atoms in total. The van der Waals surface area contributed by atoms with Crippen molar-refractivity contribution in [2.75, 3.05) is 40.5 Å². The van der Waals surface area contributed by atoms with Crippen molar-refractivity contribution in [3.8, 4) is 11.5 Å². The summed E-state index contributed by atoms with van der Waals surface area (Å²) in [5.41, 5.74) is 6.12. The first kappa shape index (κ1) is 34.2. The van der Waals surface area contributed by atoms with Gasteiger partial charge in [0.25, 0.3) is 0 Å². The van der Waals surface area contributed by atoms with Crippen LogP contribution in [0.3, 0.4) is 0 Å². The predicted octanol–water partition coefficient (Wildman–Crippen LogP) is 4.41. The second kappa shape index (κ2) is 16.1. The van der Waals surface area contributed by atoms with Crippen LogP contribution in [0, 0.1) is 5.92 Å². The molecule has 0 bridgehead atoms. The molecule has 2 heterocycles. The summed E-state index contributed by atoms with van der Waals surface area (Å²) in [5.74, 6) is 1.04. The quantitative estimate of drug-likeness (QED) is 0.245. The third-order valence-corrected chi connectivity index (χ3v) is 8.76. The molecule has 1 fully saturated rings. The van der Waals surface area contributed by atoms with Crippen LogP contribution in [0.5, 0.6) is 11.5 Å². The van der Waals surface area contributed by atoms with Crippen LogP contribution in [0.4, 0.5) is 4.79 Å². The maximum Gasteiger partial charge on any atom is 0.325 e. The summed E-state index contributed by atoms with van der Waals surface area (Å²) in [6, 6.07) is 19.4. The number of hydrogen-bond donors (Lipinski definition) is 3. The predicted molar refractivity (Wildman–Crippen MR) is 175 cm³/mol. The van der Waals surface area contributed by atoms with Gasteiger partial charge in [0, 0.05) is 37.7 Å². The van der Waals surface area contributed by atoms with Crippen LogP contribution in [0.15, 0.2) is 60.7 Å². The Bertz CT molecular complexity index is 1500. The van der Waals surface area contributed by atoms with Gasteiger partial charge in [0.05, 0.1) is 39.6 Å². The van der Waals surface area contributed by atoms with Gasteiger partial charge < -0.3 is 39.4 Å². The zero-order valence-electron chi connectivity index (χ0n) is 27.5. The Hall–Kier alpha value is -4.16. The summed E-state index contributed by atoms with van der Waals surface area (Å²) in [5, 5.41) is 14.8. The smallest absolute Gasteiger partial charge is 0.325 e. The highest BCUT2D eigenvalue weighted by atomic mass is 16.7. The fraction of sp³-hybridized carbons (Fsp3) is 0.444. The zero-order chi connectivity index (χ0) is 33.3. The van der Waals surface area contributed by atoms with Crippen LogP contribution in [0.1, 0.15) is 59.6 Å². The van der Waals surface area contributed by atoms with E-state index >= 15 is 0 Å². The topological polar surface area (TPSA) is 128 Å². The number of hydrogen-bond acceptors (Lipinski definition) is 9. The molecule has 0 unspecified atom stereocenters. The van der Waals surface area contributed by atoms with Crippen molar-refractivity contribution >= 4 is 12.0 Å². The number of carbonyl (C=O) groups is 2. The molecule has 3 N–H and O–H groups in total. The number of esters is 1. The Labute approximate surface area is 276 Å². The lowest BCUT2D eigenvalue weighted by Gasteiger charge is -2.43. The first-order valence-corrected chi connectivity index (χ1v) is 16.0. The van der Waals surface area contributed by atoms with E-state index in [0.29, 0.717) is 0 Å². The Morgan fingerprint density at radius 1 is 0.915 bits per heavy atom. The number of rotatable bonds is 12. The van der Waals surface area contributed by atoms with E-state index in [2.05, 4.69) is 34.6 Å². The van der Waals surface area contributed by atoms with Gasteiger partial charge in [0.2, 0.25) is 0 Å². The molecule has 2 aliphatic heterocycles. The summed E-state index contributed by atoms with van der Waals surface area (Å²) in [6.07, 6.45) is -0.0474. The SMILES string of the molecule is CCOC(=O)CNC(=O)NCc1ccc([C@H]2O[C@@H](CN3CCc4cc(OC)c(OC)cc4C3)[C@@H](C)[C@@H](c3ccc(CO)cc3)O2)cc1. The van der Waals surface area contributed by atoms with Gasteiger partial charge in [-0.1, -0.05) is 55.5 Å². The Morgan fingerprint density at radius 3 is 2.23 bits per heavy atom. The van der Waals surface area contributed by atoms with Crippen LogP contribution >= 0.6 is 0 Å². The first-order valence-electron chi connectivity index (χ1n) is 16.0. The van der Waals surface area contributed by atoms with Gasteiger partial charge in [-0.2, -0.15) is 0 Å². The number of nitrogens with zero attached hydrogens (tertiary/aromatic N) is 1. The van der Waals surface area contributed by atoms with E-state index in [-0.39, 0.29) is 44.4 Å².